The van der Waals surface area contributed by atoms with Crippen LogP contribution in [-0.2, 0) is 6.54 Å². The molecule has 0 aromatic carbocycles. The molecule has 0 atom stereocenters. The van der Waals surface area contributed by atoms with Gasteiger partial charge in [-0.05, 0) is 24.8 Å². The van der Waals surface area contributed by atoms with E-state index in [1.165, 1.54) is 23.3 Å². The number of nitro groups is 1. The van der Waals surface area contributed by atoms with E-state index < -0.39 is 16.8 Å². The van der Waals surface area contributed by atoms with Crippen LogP contribution in [0.5, 0.6) is 0 Å². The van der Waals surface area contributed by atoms with Crippen LogP contribution in [-0.4, -0.2) is 31.3 Å². The highest BCUT2D eigenvalue weighted by Gasteiger charge is 2.14. The van der Waals surface area contributed by atoms with Crippen LogP contribution in [0.3, 0.4) is 0 Å². The van der Waals surface area contributed by atoms with Crippen molar-refractivity contribution in [3.63, 3.8) is 0 Å². The van der Waals surface area contributed by atoms with Gasteiger partial charge in [-0.25, -0.2) is 5.43 Å². The van der Waals surface area contributed by atoms with Crippen LogP contribution in [0.25, 0.3) is 0 Å². The number of aryl methyl sites for hydroxylation is 1. The lowest BCUT2D eigenvalue weighted by molar-refractivity contribution is -0.394. The normalized spacial score (nSPS) is 11.4. The average Bonchev–Trinajstić information content (AvgIpc) is 3.05. The van der Waals surface area contributed by atoms with E-state index in [4.69, 9.17) is 4.42 Å². The number of furan rings is 1. The minimum absolute atomic E-state index is 0.172. The Morgan fingerprint density at radius 1 is 1.62 bits per heavy atom. The van der Waals surface area contributed by atoms with Gasteiger partial charge in [0.25, 0.3) is 5.91 Å². The van der Waals surface area contributed by atoms with Crippen molar-refractivity contribution in [2.45, 2.75) is 20.4 Å². The minimum Gasteiger partial charge on any atom is -0.469 e. The first-order chi connectivity index (χ1) is 9.97. The Balaban J connectivity index is 1.96. The molecule has 2 heterocycles. The van der Waals surface area contributed by atoms with Crippen molar-refractivity contribution in [1.29, 1.82) is 0 Å². The summed E-state index contributed by atoms with van der Waals surface area (Å²) >= 11 is 0. The molecule has 21 heavy (non-hydrogen) atoms. The quantitative estimate of drug-likeness (QED) is 0.495. The third-order valence-electron chi connectivity index (χ3n) is 2.53. The number of hydrazone groups is 1. The smallest absolute Gasteiger partial charge is 0.469 e. The van der Waals surface area contributed by atoms with Crippen molar-refractivity contribution >= 4 is 17.6 Å². The first-order valence-electron chi connectivity index (χ1n) is 5.89. The maximum atomic E-state index is 11.8. The first kappa shape index (κ1) is 14.4. The minimum atomic E-state index is -0.688. The van der Waals surface area contributed by atoms with E-state index in [2.05, 4.69) is 20.6 Å². The topological polar surface area (TPSA) is 128 Å². The molecule has 0 aliphatic carbocycles. The zero-order chi connectivity index (χ0) is 15.4. The van der Waals surface area contributed by atoms with Gasteiger partial charge in [-0.15, -0.1) is 0 Å². The van der Waals surface area contributed by atoms with Crippen molar-refractivity contribution < 1.29 is 14.1 Å². The van der Waals surface area contributed by atoms with Crippen LogP contribution in [0, 0.1) is 17.0 Å². The molecule has 0 bridgehead atoms. The summed E-state index contributed by atoms with van der Waals surface area (Å²) in [6.07, 6.45) is 2.63. The highest BCUT2D eigenvalue weighted by Crippen LogP contribution is 2.08. The SMILES string of the molecule is CC(Cn1cnc([N+](=O)[O-])n1)=NNC(=O)c1ccoc1C. The van der Waals surface area contributed by atoms with Crippen LogP contribution in [0.2, 0.25) is 0 Å². The lowest BCUT2D eigenvalue weighted by Crippen LogP contribution is -2.20. The Bertz CT molecular complexity index is 701. The fraction of sp³-hybridized carbons (Fsp3) is 0.273. The molecule has 0 radical (unpaired) electrons. The summed E-state index contributed by atoms with van der Waals surface area (Å²) < 4.78 is 6.27. The molecule has 2 aromatic heterocycles. The third kappa shape index (κ3) is 3.49. The molecule has 0 saturated carbocycles. The van der Waals surface area contributed by atoms with Crippen molar-refractivity contribution in [3.8, 4) is 0 Å². The molecule has 2 rings (SSSR count). The number of carbonyl (C=O) groups is 1. The highest BCUT2D eigenvalue weighted by atomic mass is 16.6. The molecule has 10 heteroatoms. The second kappa shape index (κ2) is 5.94. The summed E-state index contributed by atoms with van der Waals surface area (Å²) in [5.41, 5.74) is 3.26. The molecule has 10 nitrogen and oxygen atoms in total. The Kier molecular flexibility index (Phi) is 4.07. The fourth-order valence-corrected chi connectivity index (χ4v) is 1.54. The third-order valence-corrected chi connectivity index (χ3v) is 2.53. The zero-order valence-corrected chi connectivity index (χ0v) is 11.3. The van der Waals surface area contributed by atoms with Crippen LogP contribution < -0.4 is 5.43 Å². The van der Waals surface area contributed by atoms with Gasteiger partial charge >= 0.3 is 5.95 Å². The van der Waals surface area contributed by atoms with Gasteiger partial charge in [0.1, 0.15) is 5.76 Å². The van der Waals surface area contributed by atoms with Crippen molar-refractivity contribution in [2.24, 2.45) is 5.10 Å². The molecule has 0 spiro atoms. The summed E-state index contributed by atoms with van der Waals surface area (Å²) in [7, 11) is 0. The van der Waals surface area contributed by atoms with E-state index in [0.717, 1.165) is 0 Å². The number of hydrogen-bond acceptors (Lipinski definition) is 7. The maximum absolute atomic E-state index is 11.8. The lowest BCUT2D eigenvalue weighted by atomic mass is 10.2. The monoisotopic (exact) mass is 292 g/mol. The van der Waals surface area contributed by atoms with Gasteiger partial charge in [-0.2, -0.15) is 9.78 Å². The first-order valence-corrected chi connectivity index (χ1v) is 5.89. The van der Waals surface area contributed by atoms with Crippen molar-refractivity contribution in [2.75, 3.05) is 0 Å². The molecule has 0 aliphatic rings. The summed E-state index contributed by atoms with van der Waals surface area (Å²) in [6.45, 7) is 3.49. The molecule has 110 valence electrons. The molecular weight excluding hydrogens is 280 g/mol. The highest BCUT2D eigenvalue weighted by molar-refractivity contribution is 5.95. The summed E-state index contributed by atoms with van der Waals surface area (Å²) in [5.74, 6) is -0.390. The summed E-state index contributed by atoms with van der Waals surface area (Å²) in [6, 6.07) is 1.54. The number of aromatic nitrogens is 3. The predicted molar refractivity (Wildman–Crippen MR) is 70.7 cm³/mol. The average molecular weight is 292 g/mol. The number of nitrogens with zero attached hydrogens (tertiary/aromatic N) is 5. The standard InChI is InChI=1S/C11H12N6O4/c1-7(5-16-6-12-11(15-16)17(19)20)13-14-10(18)9-3-4-21-8(9)2/h3-4,6H,5H2,1-2H3,(H,14,18). The Morgan fingerprint density at radius 2 is 2.38 bits per heavy atom. The van der Waals surface area contributed by atoms with Crippen molar-refractivity contribution in [1.82, 2.24) is 20.2 Å². The molecule has 0 fully saturated rings. The second-order valence-electron chi connectivity index (χ2n) is 4.18. The Labute approximate surface area is 118 Å². The predicted octanol–water partition coefficient (Wildman–Crippen LogP) is 0.894. The second-order valence-corrected chi connectivity index (χ2v) is 4.18. The molecule has 2 aromatic rings. The number of hydrogen-bond donors (Lipinski definition) is 1. The van der Waals surface area contributed by atoms with E-state index in [1.807, 2.05) is 0 Å². The van der Waals surface area contributed by atoms with E-state index in [0.29, 0.717) is 17.0 Å². The molecule has 0 saturated heterocycles. The van der Waals surface area contributed by atoms with Gasteiger partial charge in [-0.3, -0.25) is 4.79 Å². The fourth-order valence-electron chi connectivity index (χ4n) is 1.54. The largest absolute Gasteiger partial charge is 0.490 e. The maximum Gasteiger partial charge on any atom is 0.490 e. The van der Waals surface area contributed by atoms with Crippen molar-refractivity contribution in [3.05, 3.63) is 40.1 Å². The van der Waals surface area contributed by atoms with E-state index in [9.17, 15) is 14.9 Å². The molecule has 0 aliphatic heterocycles. The molecule has 1 amide bonds. The molecule has 0 unspecified atom stereocenters. The summed E-state index contributed by atoms with van der Waals surface area (Å²) in [5, 5.41) is 18.0. The van der Waals surface area contributed by atoms with Gasteiger partial charge in [0.05, 0.1) is 24.1 Å². The van der Waals surface area contributed by atoms with E-state index in [-0.39, 0.29) is 6.54 Å². The lowest BCUT2D eigenvalue weighted by Gasteiger charge is -2.00. The Hall–Kier alpha value is -3.04. The van der Waals surface area contributed by atoms with Crippen LogP contribution in [0.15, 0.2) is 28.2 Å². The van der Waals surface area contributed by atoms with E-state index >= 15 is 0 Å². The van der Waals surface area contributed by atoms with Gasteiger partial charge in [0, 0.05) is 5.10 Å². The van der Waals surface area contributed by atoms with Crippen LogP contribution in [0.1, 0.15) is 23.0 Å². The van der Waals surface area contributed by atoms with Gasteiger partial charge in [0.15, 0.2) is 0 Å². The van der Waals surface area contributed by atoms with E-state index in [1.54, 1.807) is 13.8 Å². The molecular formula is C11H12N6O4. The van der Waals surface area contributed by atoms with Crippen LogP contribution >= 0.6 is 0 Å². The Morgan fingerprint density at radius 3 is 2.95 bits per heavy atom. The number of amides is 1. The number of rotatable bonds is 5. The van der Waals surface area contributed by atoms with Gasteiger partial charge in [-0.1, -0.05) is 4.98 Å². The number of carbonyl (C=O) groups excluding carboxylic acids is 1. The van der Waals surface area contributed by atoms with Gasteiger partial charge in [0.2, 0.25) is 6.33 Å². The van der Waals surface area contributed by atoms with Crippen LogP contribution in [0.4, 0.5) is 5.95 Å². The zero-order valence-electron chi connectivity index (χ0n) is 11.3. The van der Waals surface area contributed by atoms with Gasteiger partial charge < -0.3 is 14.5 Å². The summed E-state index contributed by atoms with van der Waals surface area (Å²) in [4.78, 5) is 25.1. The molecule has 1 N–H and O–H groups in total. The number of nitrogens with one attached hydrogen (secondary N) is 1.